The largest absolute Gasteiger partial charge is 0.461 e. The standard InChI is InChI=1S/C15H24N2O5S/c1-7-21-12(18)9-8-23-11(16-9)10(15(5,6)20)17-13(19)22-14(2,3)4/h8,10,20H,7H2,1-6H3,(H,17,19)/t10-/m0/s1. The Morgan fingerprint density at radius 3 is 2.43 bits per heavy atom. The number of esters is 1. The second-order valence-corrected chi connectivity index (χ2v) is 7.41. The third-order valence-electron chi connectivity index (χ3n) is 2.62. The van der Waals surface area contributed by atoms with Crippen molar-refractivity contribution in [3.63, 3.8) is 0 Å². The lowest BCUT2D eigenvalue weighted by molar-refractivity contribution is 0.0162. The molecule has 0 saturated heterocycles. The van der Waals surface area contributed by atoms with Gasteiger partial charge in [0, 0.05) is 5.38 Å². The van der Waals surface area contributed by atoms with Gasteiger partial charge in [0.25, 0.3) is 0 Å². The molecule has 0 spiro atoms. The molecule has 1 aromatic rings. The van der Waals surface area contributed by atoms with E-state index < -0.39 is 29.3 Å². The number of amides is 1. The van der Waals surface area contributed by atoms with Gasteiger partial charge in [-0.15, -0.1) is 11.3 Å². The number of nitrogens with zero attached hydrogens (tertiary/aromatic N) is 1. The summed E-state index contributed by atoms with van der Waals surface area (Å²) in [6, 6.07) is -0.814. The van der Waals surface area contributed by atoms with Crippen molar-refractivity contribution in [1.29, 1.82) is 0 Å². The van der Waals surface area contributed by atoms with Gasteiger partial charge in [-0.3, -0.25) is 0 Å². The summed E-state index contributed by atoms with van der Waals surface area (Å²) in [5.41, 5.74) is -1.81. The van der Waals surface area contributed by atoms with Crippen LogP contribution in [0.3, 0.4) is 0 Å². The van der Waals surface area contributed by atoms with Crippen LogP contribution in [0.5, 0.6) is 0 Å². The average molecular weight is 344 g/mol. The van der Waals surface area contributed by atoms with E-state index in [0.717, 1.165) is 11.3 Å². The van der Waals surface area contributed by atoms with Crippen molar-refractivity contribution >= 4 is 23.4 Å². The number of carbonyl (C=O) groups is 2. The van der Waals surface area contributed by atoms with Gasteiger partial charge in [0.15, 0.2) is 5.69 Å². The maximum atomic E-state index is 12.0. The van der Waals surface area contributed by atoms with Gasteiger partial charge in [-0.25, -0.2) is 14.6 Å². The molecule has 23 heavy (non-hydrogen) atoms. The van der Waals surface area contributed by atoms with Crippen LogP contribution >= 0.6 is 11.3 Å². The summed E-state index contributed by atoms with van der Waals surface area (Å²) in [7, 11) is 0. The predicted molar refractivity (Wildman–Crippen MR) is 86.5 cm³/mol. The normalized spacial score (nSPS) is 13.3. The fourth-order valence-electron chi connectivity index (χ4n) is 1.68. The van der Waals surface area contributed by atoms with E-state index in [4.69, 9.17) is 9.47 Å². The average Bonchev–Trinajstić information content (AvgIpc) is 2.81. The highest BCUT2D eigenvalue weighted by Gasteiger charge is 2.34. The molecule has 1 amide bonds. The number of ether oxygens (including phenoxy) is 2. The maximum absolute atomic E-state index is 12.0. The summed E-state index contributed by atoms with van der Waals surface area (Å²) in [6.45, 7) is 10.3. The lowest BCUT2D eigenvalue weighted by atomic mass is 10.00. The number of hydrogen-bond donors (Lipinski definition) is 2. The van der Waals surface area contributed by atoms with Crippen molar-refractivity contribution in [3.05, 3.63) is 16.1 Å². The Hall–Kier alpha value is -1.67. The summed E-state index contributed by atoms with van der Waals surface area (Å²) in [4.78, 5) is 27.8. The molecular weight excluding hydrogens is 320 g/mol. The van der Waals surface area contributed by atoms with Crippen molar-refractivity contribution in [2.24, 2.45) is 0 Å². The Balaban J connectivity index is 2.96. The summed E-state index contributed by atoms with van der Waals surface area (Å²) in [6.07, 6.45) is -0.669. The highest BCUT2D eigenvalue weighted by molar-refractivity contribution is 7.09. The van der Waals surface area contributed by atoms with Crippen LogP contribution in [0.25, 0.3) is 0 Å². The van der Waals surface area contributed by atoms with Gasteiger partial charge in [-0.05, 0) is 41.5 Å². The molecule has 2 N–H and O–H groups in total. The van der Waals surface area contributed by atoms with Crippen molar-refractivity contribution in [2.45, 2.75) is 58.8 Å². The van der Waals surface area contributed by atoms with Gasteiger partial charge in [0.1, 0.15) is 16.7 Å². The summed E-state index contributed by atoms with van der Waals surface area (Å²) >= 11 is 1.16. The zero-order valence-corrected chi connectivity index (χ0v) is 15.1. The Labute approximate surface area is 140 Å². The molecule has 0 aliphatic rings. The second-order valence-electron chi connectivity index (χ2n) is 6.52. The Kier molecular flexibility index (Phi) is 6.12. The van der Waals surface area contributed by atoms with Gasteiger partial charge in [-0.1, -0.05) is 0 Å². The fourth-order valence-corrected chi connectivity index (χ4v) is 2.70. The predicted octanol–water partition coefficient (Wildman–Crippen LogP) is 2.66. The van der Waals surface area contributed by atoms with Crippen molar-refractivity contribution < 1.29 is 24.2 Å². The van der Waals surface area contributed by atoms with E-state index in [0.29, 0.717) is 5.01 Å². The lowest BCUT2D eigenvalue weighted by Crippen LogP contribution is -2.44. The molecule has 0 fully saturated rings. The molecule has 7 nitrogen and oxygen atoms in total. The molecule has 0 aromatic carbocycles. The molecule has 8 heteroatoms. The molecule has 1 atom stereocenters. The molecule has 1 heterocycles. The first-order valence-electron chi connectivity index (χ1n) is 7.28. The number of aliphatic hydroxyl groups is 1. The second kappa shape index (κ2) is 7.27. The van der Waals surface area contributed by atoms with Gasteiger partial charge in [0.05, 0.1) is 12.2 Å². The van der Waals surface area contributed by atoms with E-state index in [2.05, 4.69) is 10.3 Å². The van der Waals surface area contributed by atoms with E-state index in [-0.39, 0.29) is 12.3 Å². The third kappa shape index (κ3) is 6.15. The van der Waals surface area contributed by atoms with Crippen LogP contribution in [0.15, 0.2) is 5.38 Å². The molecular formula is C15H24N2O5S. The number of nitrogens with one attached hydrogen (secondary N) is 1. The molecule has 0 bridgehead atoms. The molecule has 0 unspecified atom stereocenters. The SMILES string of the molecule is CCOC(=O)c1csc([C@H](NC(=O)OC(C)(C)C)C(C)(C)O)n1. The van der Waals surface area contributed by atoms with E-state index in [1.807, 2.05) is 0 Å². The zero-order valence-electron chi connectivity index (χ0n) is 14.3. The third-order valence-corrected chi connectivity index (χ3v) is 3.53. The molecule has 0 saturated carbocycles. The van der Waals surface area contributed by atoms with Crippen LogP contribution in [0.1, 0.15) is 63.1 Å². The minimum Gasteiger partial charge on any atom is -0.461 e. The summed E-state index contributed by atoms with van der Waals surface area (Å²) in [5.74, 6) is -0.540. The minimum absolute atomic E-state index is 0.145. The highest BCUT2D eigenvalue weighted by atomic mass is 32.1. The van der Waals surface area contributed by atoms with Crippen LogP contribution in [0.4, 0.5) is 4.79 Å². The molecule has 1 aromatic heterocycles. The first-order chi connectivity index (χ1) is 10.4. The Morgan fingerprint density at radius 2 is 1.96 bits per heavy atom. The number of thiazole rings is 1. The van der Waals surface area contributed by atoms with E-state index in [1.165, 1.54) is 5.38 Å². The van der Waals surface area contributed by atoms with Gasteiger partial charge >= 0.3 is 12.1 Å². The monoisotopic (exact) mass is 344 g/mol. The van der Waals surface area contributed by atoms with Crippen molar-refractivity contribution in [1.82, 2.24) is 10.3 Å². The van der Waals surface area contributed by atoms with Crippen LogP contribution in [0.2, 0.25) is 0 Å². The van der Waals surface area contributed by atoms with Crippen LogP contribution in [-0.4, -0.2) is 40.0 Å². The van der Waals surface area contributed by atoms with Crippen LogP contribution < -0.4 is 5.32 Å². The number of carbonyl (C=O) groups excluding carboxylic acids is 2. The zero-order chi connectivity index (χ0) is 17.8. The fraction of sp³-hybridized carbons (Fsp3) is 0.667. The molecule has 1 rings (SSSR count). The van der Waals surface area contributed by atoms with E-state index >= 15 is 0 Å². The van der Waals surface area contributed by atoms with E-state index in [1.54, 1.807) is 41.5 Å². The first kappa shape index (κ1) is 19.4. The van der Waals surface area contributed by atoms with Gasteiger partial charge in [-0.2, -0.15) is 0 Å². The van der Waals surface area contributed by atoms with Crippen LogP contribution in [-0.2, 0) is 9.47 Å². The lowest BCUT2D eigenvalue weighted by Gasteiger charge is -2.29. The minimum atomic E-state index is -1.29. The van der Waals surface area contributed by atoms with E-state index in [9.17, 15) is 14.7 Å². The molecule has 130 valence electrons. The number of rotatable bonds is 5. The first-order valence-corrected chi connectivity index (χ1v) is 8.16. The van der Waals surface area contributed by atoms with Crippen molar-refractivity contribution in [2.75, 3.05) is 6.61 Å². The van der Waals surface area contributed by atoms with Gasteiger partial charge in [0.2, 0.25) is 0 Å². The quantitative estimate of drug-likeness (QED) is 0.797. The molecule has 0 aliphatic heterocycles. The summed E-state index contributed by atoms with van der Waals surface area (Å²) in [5, 5.41) is 14.8. The molecule has 0 aliphatic carbocycles. The summed E-state index contributed by atoms with van der Waals surface area (Å²) < 4.78 is 10.1. The topological polar surface area (TPSA) is 97.8 Å². The number of alkyl carbamates (subject to hydrolysis) is 1. The maximum Gasteiger partial charge on any atom is 0.408 e. The van der Waals surface area contributed by atoms with Crippen LogP contribution in [0, 0.1) is 0 Å². The number of aromatic nitrogens is 1. The highest BCUT2D eigenvalue weighted by Crippen LogP contribution is 2.28. The number of hydrogen-bond acceptors (Lipinski definition) is 7. The molecule has 0 radical (unpaired) electrons. The smallest absolute Gasteiger partial charge is 0.408 e. The Bertz CT molecular complexity index is 557. The Morgan fingerprint density at radius 1 is 1.35 bits per heavy atom. The van der Waals surface area contributed by atoms with Crippen molar-refractivity contribution in [3.8, 4) is 0 Å². The van der Waals surface area contributed by atoms with Gasteiger partial charge < -0.3 is 19.9 Å².